The molecule has 1 saturated heterocycles. The minimum Gasteiger partial charge on any atom is -0.481 e. The maximum Gasteiger partial charge on any atom is 0.372 e. The van der Waals surface area contributed by atoms with E-state index in [9.17, 15) is 4.79 Å². The average molecular weight is 346 g/mol. The Bertz CT molecular complexity index is 753. The highest BCUT2D eigenvalue weighted by Crippen LogP contribution is 2.27. The number of nitrogens with zero attached hydrogens (tertiary/aromatic N) is 4. The number of ether oxygens (including phenoxy) is 1. The van der Waals surface area contributed by atoms with Gasteiger partial charge in [0.15, 0.2) is 0 Å². The Labute approximate surface area is 146 Å². The molecule has 3 rings (SSSR count). The van der Waals surface area contributed by atoms with Gasteiger partial charge < -0.3 is 19.2 Å². The maximum atomic E-state index is 11.1. The highest BCUT2D eigenvalue weighted by Gasteiger charge is 2.26. The van der Waals surface area contributed by atoms with Gasteiger partial charge in [0.1, 0.15) is 5.76 Å². The number of furan rings is 1. The summed E-state index contributed by atoms with van der Waals surface area (Å²) in [4.78, 5) is 24.2. The SMILES string of the molecule is COc1ccnc(N2CCN(C(C)c3cc(C)c(C(=O)O)o3)CC2)n1. The molecule has 0 radical (unpaired) electrons. The molecule has 1 fully saturated rings. The van der Waals surface area contributed by atoms with E-state index in [1.165, 1.54) is 0 Å². The van der Waals surface area contributed by atoms with Crippen LogP contribution in [0.15, 0.2) is 22.7 Å². The maximum absolute atomic E-state index is 11.1. The summed E-state index contributed by atoms with van der Waals surface area (Å²) in [6.07, 6.45) is 1.69. The quantitative estimate of drug-likeness (QED) is 0.878. The summed E-state index contributed by atoms with van der Waals surface area (Å²) >= 11 is 0. The smallest absolute Gasteiger partial charge is 0.372 e. The molecule has 0 aliphatic carbocycles. The number of aryl methyl sites for hydroxylation is 1. The third-order valence-electron chi connectivity index (χ3n) is 4.51. The van der Waals surface area contributed by atoms with Crippen molar-refractivity contribution in [1.82, 2.24) is 14.9 Å². The van der Waals surface area contributed by atoms with Crippen LogP contribution >= 0.6 is 0 Å². The van der Waals surface area contributed by atoms with E-state index in [4.69, 9.17) is 14.3 Å². The fourth-order valence-corrected chi connectivity index (χ4v) is 3.01. The second kappa shape index (κ2) is 7.10. The number of carbonyl (C=O) groups is 1. The number of piperazine rings is 1. The van der Waals surface area contributed by atoms with Gasteiger partial charge in [-0.2, -0.15) is 4.98 Å². The largest absolute Gasteiger partial charge is 0.481 e. The molecule has 1 aliphatic rings. The van der Waals surface area contributed by atoms with E-state index >= 15 is 0 Å². The highest BCUT2D eigenvalue weighted by molar-refractivity contribution is 5.86. The van der Waals surface area contributed by atoms with Crippen molar-refractivity contribution in [3.05, 3.63) is 35.4 Å². The van der Waals surface area contributed by atoms with Crippen LogP contribution in [0.2, 0.25) is 0 Å². The Morgan fingerprint density at radius 1 is 1.36 bits per heavy atom. The van der Waals surface area contributed by atoms with Gasteiger partial charge in [0.05, 0.1) is 13.2 Å². The third kappa shape index (κ3) is 3.58. The summed E-state index contributed by atoms with van der Waals surface area (Å²) in [7, 11) is 1.59. The van der Waals surface area contributed by atoms with Gasteiger partial charge in [0, 0.05) is 44.0 Å². The summed E-state index contributed by atoms with van der Waals surface area (Å²) in [6, 6.07) is 3.55. The summed E-state index contributed by atoms with van der Waals surface area (Å²) in [5.74, 6) is 0.879. The number of hydrogen-bond donors (Lipinski definition) is 1. The van der Waals surface area contributed by atoms with E-state index in [1.54, 1.807) is 26.3 Å². The van der Waals surface area contributed by atoms with Crippen LogP contribution in [0.3, 0.4) is 0 Å². The summed E-state index contributed by atoms with van der Waals surface area (Å²) in [5, 5.41) is 9.14. The predicted molar refractivity (Wildman–Crippen MR) is 91.2 cm³/mol. The van der Waals surface area contributed by atoms with Crippen molar-refractivity contribution in [3.63, 3.8) is 0 Å². The van der Waals surface area contributed by atoms with Crippen LogP contribution in [0.25, 0.3) is 0 Å². The van der Waals surface area contributed by atoms with E-state index in [0.29, 0.717) is 23.2 Å². The van der Waals surface area contributed by atoms with Gasteiger partial charge in [-0.1, -0.05) is 0 Å². The zero-order valence-electron chi connectivity index (χ0n) is 14.6. The van der Waals surface area contributed by atoms with E-state index in [-0.39, 0.29) is 11.8 Å². The minimum absolute atomic E-state index is 0.0141. The number of carboxylic acids is 1. The molecule has 25 heavy (non-hydrogen) atoms. The van der Waals surface area contributed by atoms with E-state index in [2.05, 4.69) is 19.8 Å². The Morgan fingerprint density at radius 2 is 2.08 bits per heavy atom. The van der Waals surface area contributed by atoms with Crippen LogP contribution in [-0.4, -0.2) is 59.2 Å². The molecule has 134 valence electrons. The summed E-state index contributed by atoms with van der Waals surface area (Å²) in [5.41, 5.74) is 0.651. The Kier molecular flexibility index (Phi) is 4.89. The van der Waals surface area contributed by atoms with Gasteiger partial charge in [-0.3, -0.25) is 4.90 Å². The van der Waals surface area contributed by atoms with Crippen LogP contribution in [0, 0.1) is 6.92 Å². The van der Waals surface area contributed by atoms with E-state index in [1.807, 2.05) is 13.0 Å². The highest BCUT2D eigenvalue weighted by atomic mass is 16.5. The Hall–Kier alpha value is -2.61. The molecule has 2 aromatic rings. The minimum atomic E-state index is -1.03. The molecule has 3 heterocycles. The second-order valence-electron chi connectivity index (χ2n) is 6.06. The van der Waals surface area contributed by atoms with Crippen LogP contribution in [0.1, 0.15) is 34.8 Å². The van der Waals surface area contributed by atoms with Gasteiger partial charge in [-0.05, 0) is 19.9 Å². The standard InChI is InChI=1S/C17H22N4O4/c1-11-10-13(25-15(11)16(22)23)12(2)20-6-8-21(9-7-20)17-18-5-4-14(19-17)24-3/h4-5,10,12H,6-9H2,1-3H3,(H,22,23). The molecular formula is C17H22N4O4. The number of methoxy groups -OCH3 is 1. The van der Waals surface area contributed by atoms with Crippen molar-refractivity contribution in [2.24, 2.45) is 0 Å². The lowest BCUT2D eigenvalue weighted by molar-refractivity contribution is 0.0654. The van der Waals surface area contributed by atoms with Crippen molar-refractivity contribution in [2.75, 3.05) is 38.2 Å². The molecule has 0 saturated carbocycles. The van der Waals surface area contributed by atoms with E-state index < -0.39 is 5.97 Å². The van der Waals surface area contributed by atoms with Crippen molar-refractivity contribution in [2.45, 2.75) is 19.9 Å². The average Bonchev–Trinajstić information content (AvgIpc) is 3.03. The topological polar surface area (TPSA) is 91.9 Å². The van der Waals surface area contributed by atoms with Crippen LogP contribution < -0.4 is 9.64 Å². The van der Waals surface area contributed by atoms with Crippen molar-refractivity contribution < 1.29 is 19.1 Å². The lowest BCUT2D eigenvalue weighted by Gasteiger charge is -2.37. The number of carboxylic acid groups (broad SMARTS) is 1. The lowest BCUT2D eigenvalue weighted by atomic mass is 10.1. The van der Waals surface area contributed by atoms with Gasteiger partial charge in [-0.15, -0.1) is 0 Å². The number of aromatic carboxylic acids is 1. The fraction of sp³-hybridized carbons (Fsp3) is 0.471. The molecule has 0 spiro atoms. The number of hydrogen-bond acceptors (Lipinski definition) is 7. The molecule has 0 amide bonds. The van der Waals surface area contributed by atoms with Gasteiger partial charge in [-0.25, -0.2) is 9.78 Å². The zero-order chi connectivity index (χ0) is 18.0. The van der Waals surface area contributed by atoms with Crippen molar-refractivity contribution in [1.29, 1.82) is 0 Å². The summed E-state index contributed by atoms with van der Waals surface area (Å²) < 4.78 is 10.7. The summed E-state index contributed by atoms with van der Waals surface area (Å²) in [6.45, 7) is 6.96. The van der Waals surface area contributed by atoms with Gasteiger partial charge in [0.2, 0.25) is 17.6 Å². The molecule has 8 heteroatoms. The zero-order valence-corrected chi connectivity index (χ0v) is 14.6. The fourth-order valence-electron chi connectivity index (χ4n) is 3.01. The van der Waals surface area contributed by atoms with Crippen LogP contribution in [0.5, 0.6) is 5.88 Å². The number of anilines is 1. The van der Waals surface area contributed by atoms with Crippen LogP contribution in [0.4, 0.5) is 5.95 Å². The normalized spacial score (nSPS) is 16.7. The van der Waals surface area contributed by atoms with Crippen molar-refractivity contribution in [3.8, 4) is 5.88 Å². The Morgan fingerprint density at radius 3 is 2.68 bits per heavy atom. The third-order valence-corrected chi connectivity index (χ3v) is 4.51. The lowest BCUT2D eigenvalue weighted by Crippen LogP contribution is -2.47. The molecular weight excluding hydrogens is 324 g/mol. The first-order valence-electron chi connectivity index (χ1n) is 8.19. The molecule has 1 unspecified atom stereocenters. The van der Waals surface area contributed by atoms with Crippen molar-refractivity contribution >= 4 is 11.9 Å². The first-order chi connectivity index (χ1) is 12.0. The number of aromatic nitrogens is 2. The molecule has 0 aromatic carbocycles. The molecule has 1 N–H and O–H groups in total. The Balaban J connectivity index is 1.65. The van der Waals surface area contributed by atoms with E-state index in [0.717, 1.165) is 26.2 Å². The van der Waals surface area contributed by atoms with Gasteiger partial charge >= 0.3 is 5.97 Å². The molecule has 1 atom stereocenters. The van der Waals surface area contributed by atoms with Gasteiger partial charge in [0.25, 0.3) is 0 Å². The molecule has 1 aliphatic heterocycles. The molecule has 0 bridgehead atoms. The molecule has 2 aromatic heterocycles. The molecule has 8 nitrogen and oxygen atoms in total. The monoisotopic (exact) mass is 346 g/mol. The second-order valence-corrected chi connectivity index (χ2v) is 6.06. The first-order valence-corrected chi connectivity index (χ1v) is 8.19. The predicted octanol–water partition coefficient (Wildman–Crippen LogP) is 1.97. The van der Waals surface area contributed by atoms with Crippen LogP contribution in [-0.2, 0) is 0 Å². The number of rotatable bonds is 5. The first kappa shape index (κ1) is 17.2.